The fourth-order valence-corrected chi connectivity index (χ4v) is 4.26. The molecule has 2 fully saturated rings. The van der Waals surface area contributed by atoms with Crippen molar-refractivity contribution in [3.63, 3.8) is 0 Å². The van der Waals surface area contributed by atoms with E-state index < -0.39 is 5.60 Å². The number of likely N-dealkylation sites (tertiary alicyclic amines) is 1. The Labute approximate surface area is 183 Å². The molecule has 0 spiro atoms. The molecular formula is C23H30MnN2O3. The minimum atomic E-state index is -0.464. The second-order valence-electron chi connectivity index (χ2n) is 9.27. The van der Waals surface area contributed by atoms with Gasteiger partial charge in [0.25, 0.3) is 0 Å². The first-order chi connectivity index (χ1) is 13.4. The van der Waals surface area contributed by atoms with E-state index >= 15 is 0 Å². The van der Waals surface area contributed by atoms with Crippen molar-refractivity contribution in [3.8, 4) is 0 Å². The van der Waals surface area contributed by atoms with E-state index in [0.717, 1.165) is 36.8 Å². The van der Waals surface area contributed by atoms with Gasteiger partial charge >= 0.3 is 6.09 Å². The minimum absolute atomic E-state index is 0. The molecule has 1 amide bonds. The number of carbonyl (C=O) groups excluding carboxylic acids is 2. The predicted molar refractivity (Wildman–Crippen MR) is 110 cm³/mol. The molecule has 5 nitrogen and oxygen atoms in total. The molecule has 2 aromatic rings. The van der Waals surface area contributed by atoms with E-state index in [1.807, 2.05) is 31.7 Å². The van der Waals surface area contributed by atoms with Crippen molar-refractivity contribution in [2.75, 3.05) is 13.1 Å². The third-order valence-electron chi connectivity index (χ3n) is 5.83. The number of piperidine rings is 1. The first kappa shape index (κ1) is 21.9. The zero-order valence-electron chi connectivity index (χ0n) is 17.5. The molecule has 0 N–H and O–H groups in total. The molecule has 1 saturated heterocycles. The standard InChI is InChI=1S/C23H30N2O3.Mn/c1-23(2,3)28-22(27)24-11-9-17(10-12-24)20-6-4-5-18-13-19(15-26)25(21(18)20)14-16-7-8-16;/h4-6,13,15-17H,7-12,14H2,1-3H3;. The van der Waals surface area contributed by atoms with Gasteiger partial charge in [0.15, 0.2) is 6.29 Å². The molecule has 6 heteroatoms. The number of hydrogen-bond donors (Lipinski definition) is 0. The van der Waals surface area contributed by atoms with Crippen molar-refractivity contribution < 1.29 is 31.4 Å². The Kier molecular flexibility index (Phi) is 6.45. The summed E-state index contributed by atoms with van der Waals surface area (Å²) < 4.78 is 7.75. The molecule has 1 saturated carbocycles. The summed E-state index contributed by atoms with van der Waals surface area (Å²) in [6.45, 7) is 8.05. The maximum Gasteiger partial charge on any atom is 0.410 e. The minimum Gasteiger partial charge on any atom is -0.444 e. The van der Waals surface area contributed by atoms with Crippen LogP contribution in [0.4, 0.5) is 4.79 Å². The fraction of sp³-hybridized carbons (Fsp3) is 0.565. The molecule has 2 aliphatic rings. The molecule has 1 aliphatic heterocycles. The van der Waals surface area contributed by atoms with E-state index in [9.17, 15) is 9.59 Å². The quantitative estimate of drug-likeness (QED) is 0.501. The maximum atomic E-state index is 12.4. The van der Waals surface area contributed by atoms with Crippen LogP contribution in [-0.2, 0) is 28.4 Å². The molecule has 29 heavy (non-hydrogen) atoms. The van der Waals surface area contributed by atoms with Crippen LogP contribution in [0.5, 0.6) is 0 Å². The first-order valence-corrected chi connectivity index (χ1v) is 10.4. The number of nitrogens with zero attached hydrogens (tertiary/aromatic N) is 2. The maximum absolute atomic E-state index is 12.4. The third kappa shape index (κ3) is 4.87. The predicted octanol–water partition coefficient (Wildman–Crippen LogP) is 4.98. The van der Waals surface area contributed by atoms with Gasteiger partial charge in [0, 0.05) is 42.1 Å². The third-order valence-corrected chi connectivity index (χ3v) is 5.83. The largest absolute Gasteiger partial charge is 0.444 e. The molecule has 0 atom stereocenters. The Bertz CT molecular complexity index is 887. The average molecular weight is 437 g/mol. The Hall–Kier alpha value is -1.78. The molecule has 1 radical (unpaired) electrons. The summed E-state index contributed by atoms with van der Waals surface area (Å²) >= 11 is 0. The van der Waals surface area contributed by atoms with Gasteiger partial charge in [-0.05, 0) is 69.9 Å². The van der Waals surface area contributed by atoms with Gasteiger partial charge in [0.05, 0.1) is 11.2 Å². The van der Waals surface area contributed by atoms with Crippen molar-refractivity contribution in [1.82, 2.24) is 9.47 Å². The Morgan fingerprint density at radius 3 is 2.45 bits per heavy atom. The van der Waals surface area contributed by atoms with Crippen LogP contribution in [0.25, 0.3) is 10.9 Å². The van der Waals surface area contributed by atoms with E-state index in [1.54, 1.807) is 0 Å². The van der Waals surface area contributed by atoms with Crippen LogP contribution in [0.2, 0.25) is 0 Å². The molecule has 4 rings (SSSR count). The van der Waals surface area contributed by atoms with Crippen LogP contribution >= 0.6 is 0 Å². The number of aldehydes is 1. The average Bonchev–Trinajstić information content (AvgIpc) is 3.40. The number of rotatable bonds is 4. The summed E-state index contributed by atoms with van der Waals surface area (Å²) in [5, 5.41) is 1.15. The van der Waals surface area contributed by atoms with Crippen molar-refractivity contribution >= 4 is 23.3 Å². The Balaban J connectivity index is 0.00000240. The zero-order valence-corrected chi connectivity index (χ0v) is 18.7. The van der Waals surface area contributed by atoms with Gasteiger partial charge in [-0.3, -0.25) is 4.79 Å². The summed E-state index contributed by atoms with van der Waals surface area (Å²) in [5.74, 6) is 1.10. The smallest absolute Gasteiger partial charge is 0.410 e. The summed E-state index contributed by atoms with van der Waals surface area (Å²) in [6, 6.07) is 8.41. The summed E-state index contributed by atoms with van der Waals surface area (Å²) in [5.41, 5.74) is 2.84. The molecular weight excluding hydrogens is 407 g/mol. The Morgan fingerprint density at radius 2 is 1.86 bits per heavy atom. The second kappa shape index (κ2) is 8.53. The van der Waals surface area contributed by atoms with Crippen molar-refractivity contribution in [1.29, 1.82) is 0 Å². The number of amides is 1. The van der Waals surface area contributed by atoms with Crippen molar-refractivity contribution in [2.45, 2.75) is 64.5 Å². The van der Waals surface area contributed by atoms with Gasteiger partial charge in [-0.1, -0.05) is 18.2 Å². The number of carbonyl (C=O) groups is 2. The van der Waals surface area contributed by atoms with E-state index in [1.165, 1.54) is 23.9 Å². The number of hydrogen-bond acceptors (Lipinski definition) is 3. The first-order valence-electron chi connectivity index (χ1n) is 10.4. The molecule has 0 unspecified atom stereocenters. The SMILES string of the molecule is CC(C)(C)OC(=O)N1CCC(c2cccc3cc(C=O)n(CC4CC4)c23)CC1.[Mn]. The van der Waals surface area contributed by atoms with Crippen molar-refractivity contribution in [2.24, 2.45) is 5.92 Å². The molecule has 2 heterocycles. The normalized spacial score (nSPS) is 17.8. The van der Waals surface area contributed by atoms with Gasteiger partial charge in [-0.25, -0.2) is 4.79 Å². The Morgan fingerprint density at radius 1 is 1.17 bits per heavy atom. The van der Waals surface area contributed by atoms with E-state index in [2.05, 4.69) is 22.8 Å². The van der Waals surface area contributed by atoms with Gasteiger partial charge in [0.2, 0.25) is 0 Å². The zero-order chi connectivity index (χ0) is 19.9. The number of ether oxygens (including phenoxy) is 1. The van der Waals surface area contributed by atoms with Gasteiger partial charge in [0.1, 0.15) is 5.60 Å². The molecule has 157 valence electrons. The molecule has 1 aromatic carbocycles. The topological polar surface area (TPSA) is 51.5 Å². The van der Waals surface area contributed by atoms with Crippen LogP contribution in [0.1, 0.15) is 68.4 Å². The van der Waals surface area contributed by atoms with Gasteiger partial charge < -0.3 is 14.2 Å². The van der Waals surface area contributed by atoms with E-state index in [4.69, 9.17) is 4.74 Å². The number of benzene rings is 1. The number of aromatic nitrogens is 1. The van der Waals surface area contributed by atoms with Crippen LogP contribution in [0.3, 0.4) is 0 Å². The monoisotopic (exact) mass is 437 g/mol. The molecule has 0 bridgehead atoms. The van der Waals surface area contributed by atoms with Crippen molar-refractivity contribution in [3.05, 3.63) is 35.5 Å². The van der Waals surface area contributed by atoms with Crippen LogP contribution in [-0.4, -0.2) is 40.5 Å². The van der Waals surface area contributed by atoms with Crippen LogP contribution in [0.15, 0.2) is 24.3 Å². The number of fused-ring (bicyclic) bond motifs is 1. The van der Waals surface area contributed by atoms with Crippen LogP contribution in [0, 0.1) is 5.92 Å². The summed E-state index contributed by atoms with van der Waals surface area (Å²) in [6.07, 6.45) is 5.12. The van der Waals surface area contributed by atoms with Gasteiger partial charge in [-0.15, -0.1) is 0 Å². The molecule has 1 aromatic heterocycles. The molecule has 1 aliphatic carbocycles. The van der Waals surface area contributed by atoms with E-state index in [-0.39, 0.29) is 23.2 Å². The van der Waals surface area contributed by atoms with Gasteiger partial charge in [-0.2, -0.15) is 0 Å². The van der Waals surface area contributed by atoms with Crippen LogP contribution < -0.4 is 0 Å². The fourth-order valence-electron chi connectivity index (χ4n) is 4.26. The summed E-state index contributed by atoms with van der Waals surface area (Å²) in [4.78, 5) is 25.8. The van der Waals surface area contributed by atoms with E-state index in [0.29, 0.717) is 24.9 Å². The number of para-hydroxylation sites is 1. The summed E-state index contributed by atoms with van der Waals surface area (Å²) in [7, 11) is 0. The second-order valence-corrected chi connectivity index (χ2v) is 9.27.